The Morgan fingerprint density at radius 3 is 2.95 bits per heavy atom. The molecule has 1 heterocycles. The van der Waals surface area contributed by atoms with Crippen LogP contribution in [0.5, 0.6) is 0 Å². The lowest BCUT2D eigenvalue weighted by atomic mass is 10.1. The zero-order valence-corrected chi connectivity index (χ0v) is 11.7. The van der Waals surface area contributed by atoms with E-state index >= 15 is 0 Å². The maximum absolute atomic E-state index is 12.1. The predicted octanol–water partition coefficient (Wildman–Crippen LogP) is 1.83. The summed E-state index contributed by atoms with van der Waals surface area (Å²) in [4.78, 5) is 16.2. The van der Waals surface area contributed by atoms with Gasteiger partial charge in [0.25, 0.3) is 5.91 Å². The number of nitrogen functional groups attached to an aromatic ring is 1. The molecule has 2 rings (SSSR count). The van der Waals surface area contributed by atoms with Crippen LogP contribution < -0.4 is 11.1 Å². The second-order valence-electron chi connectivity index (χ2n) is 4.88. The molecule has 106 valence electrons. The molecule has 1 amide bonds. The minimum atomic E-state index is -0.217. The molecule has 1 atom stereocenters. The third-order valence-electron chi connectivity index (χ3n) is 3.06. The molecule has 5 heteroatoms. The molecule has 1 unspecified atom stereocenters. The van der Waals surface area contributed by atoms with Crippen LogP contribution >= 0.6 is 0 Å². The van der Waals surface area contributed by atoms with Crippen LogP contribution in [0.3, 0.4) is 0 Å². The second-order valence-corrected chi connectivity index (χ2v) is 4.88. The molecule has 3 N–H and O–H groups in total. The molecule has 5 nitrogen and oxygen atoms in total. The van der Waals surface area contributed by atoms with E-state index in [1.54, 1.807) is 13.2 Å². The SMILES string of the molecule is COCC(C)CNC(=O)c1cc2ccccc2c(N)n1. The number of anilines is 1. The molecule has 0 aliphatic rings. The predicted molar refractivity (Wildman–Crippen MR) is 79.5 cm³/mol. The average molecular weight is 273 g/mol. The number of carbonyl (C=O) groups excluding carboxylic acids is 1. The van der Waals surface area contributed by atoms with Crippen LogP contribution in [-0.2, 0) is 4.74 Å². The number of ether oxygens (including phenoxy) is 1. The van der Waals surface area contributed by atoms with Gasteiger partial charge >= 0.3 is 0 Å². The third-order valence-corrected chi connectivity index (χ3v) is 3.06. The van der Waals surface area contributed by atoms with Gasteiger partial charge in [-0.15, -0.1) is 0 Å². The summed E-state index contributed by atoms with van der Waals surface area (Å²) in [7, 11) is 1.64. The Morgan fingerprint density at radius 1 is 1.45 bits per heavy atom. The minimum Gasteiger partial charge on any atom is -0.384 e. The summed E-state index contributed by atoms with van der Waals surface area (Å²) in [5.41, 5.74) is 6.23. The number of nitrogens with one attached hydrogen (secondary N) is 1. The largest absolute Gasteiger partial charge is 0.384 e. The molecule has 0 fully saturated rings. The first-order valence-electron chi connectivity index (χ1n) is 6.54. The Kier molecular flexibility index (Phi) is 4.53. The average Bonchev–Trinajstić information content (AvgIpc) is 2.45. The monoisotopic (exact) mass is 273 g/mol. The fourth-order valence-corrected chi connectivity index (χ4v) is 2.04. The molecule has 1 aromatic carbocycles. The molecular formula is C15H19N3O2. The standard InChI is InChI=1S/C15H19N3O2/c1-10(9-20-2)8-17-15(19)13-7-11-5-3-4-6-12(11)14(16)18-13/h3-7,10H,8-9H2,1-2H3,(H2,16,18)(H,17,19). The Morgan fingerprint density at radius 2 is 2.20 bits per heavy atom. The molecule has 0 bridgehead atoms. The number of methoxy groups -OCH3 is 1. The number of fused-ring (bicyclic) bond motifs is 1. The summed E-state index contributed by atoms with van der Waals surface area (Å²) in [6.07, 6.45) is 0. The first-order chi connectivity index (χ1) is 9.61. The highest BCUT2D eigenvalue weighted by atomic mass is 16.5. The maximum atomic E-state index is 12.1. The number of rotatable bonds is 5. The van der Waals surface area contributed by atoms with E-state index < -0.39 is 0 Å². The van der Waals surface area contributed by atoms with Gasteiger partial charge in [0.15, 0.2) is 0 Å². The van der Waals surface area contributed by atoms with Gasteiger partial charge in [-0.1, -0.05) is 31.2 Å². The van der Waals surface area contributed by atoms with Crippen LogP contribution in [0, 0.1) is 5.92 Å². The summed E-state index contributed by atoms with van der Waals surface area (Å²) in [6, 6.07) is 9.36. The molecule has 0 saturated carbocycles. The van der Waals surface area contributed by atoms with Crippen molar-refractivity contribution < 1.29 is 9.53 Å². The Labute approximate surface area is 118 Å². The zero-order chi connectivity index (χ0) is 14.5. The van der Waals surface area contributed by atoms with E-state index in [9.17, 15) is 4.79 Å². The van der Waals surface area contributed by atoms with Gasteiger partial charge in [0, 0.05) is 19.0 Å². The number of pyridine rings is 1. The van der Waals surface area contributed by atoms with E-state index in [1.165, 1.54) is 0 Å². The van der Waals surface area contributed by atoms with Gasteiger partial charge in [-0.2, -0.15) is 0 Å². The number of amides is 1. The van der Waals surface area contributed by atoms with Crippen LogP contribution in [0.2, 0.25) is 0 Å². The number of hydrogen-bond acceptors (Lipinski definition) is 4. The highest BCUT2D eigenvalue weighted by molar-refractivity contribution is 5.99. The number of carbonyl (C=O) groups is 1. The normalized spacial score (nSPS) is 12.3. The van der Waals surface area contributed by atoms with E-state index in [0.717, 1.165) is 10.8 Å². The molecule has 0 aliphatic carbocycles. The van der Waals surface area contributed by atoms with E-state index in [0.29, 0.717) is 24.7 Å². The van der Waals surface area contributed by atoms with Crippen molar-refractivity contribution in [2.75, 3.05) is 26.0 Å². The van der Waals surface area contributed by atoms with Gasteiger partial charge in [-0.25, -0.2) is 4.98 Å². The number of hydrogen-bond donors (Lipinski definition) is 2. The lowest BCUT2D eigenvalue weighted by Gasteiger charge is -2.12. The van der Waals surface area contributed by atoms with Crippen molar-refractivity contribution in [2.24, 2.45) is 5.92 Å². The van der Waals surface area contributed by atoms with Crippen molar-refractivity contribution >= 4 is 22.5 Å². The Balaban J connectivity index is 2.14. The fourth-order valence-electron chi connectivity index (χ4n) is 2.04. The van der Waals surface area contributed by atoms with Gasteiger partial charge in [0.1, 0.15) is 11.5 Å². The fraction of sp³-hybridized carbons (Fsp3) is 0.333. The van der Waals surface area contributed by atoms with E-state index in [2.05, 4.69) is 10.3 Å². The number of benzene rings is 1. The molecule has 1 aromatic heterocycles. The summed E-state index contributed by atoms with van der Waals surface area (Å²) >= 11 is 0. The number of nitrogens with two attached hydrogens (primary N) is 1. The first kappa shape index (κ1) is 14.3. The summed E-state index contributed by atoms with van der Waals surface area (Å²) in [5.74, 6) is 0.408. The molecule has 0 saturated heterocycles. The lowest BCUT2D eigenvalue weighted by Crippen LogP contribution is -2.30. The van der Waals surface area contributed by atoms with Gasteiger partial charge < -0.3 is 15.8 Å². The van der Waals surface area contributed by atoms with Crippen molar-refractivity contribution in [3.8, 4) is 0 Å². The summed E-state index contributed by atoms with van der Waals surface area (Å²) in [6.45, 7) is 3.15. The molecule has 20 heavy (non-hydrogen) atoms. The van der Waals surface area contributed by atoms with E-state index in [4.69, 9.17) is 10.5 Å². The molecular weight excluding hydrogens is 254 g/mol. The zero-order valence-electron chi connectivity index (χ0n) is 11.7. The highest BCUT2D eigenvalue weighted by Crippen LogP contribution is 2.19. The second kappa shape index (κ2) is 6.34. The highest BCUT2D eigenvalue weighted by Gasteiger charge is 2.11. The van der Waals surface area contributed by atoms with Gasteiger partial charge in [-0.05, 0) is 17.4 Å². The quantitative estimate of drug-likeness (QED) is 0.871. The van der Waals surface area contributed by atoms with E-state index in [-0.39, 0.29) is 11.8 Å². The lowest BCUT2D eigenvalue weighted by molar-refractivity contribution is 0.0929. The van der Waals surface area contributed by atoms with Gasteiger partial charge in [-0.3, -0.25) is 4.79 Å². The van der Waals surface area contributed by atoms with Crippen LogP contribution in [0.25, 0.3) is 10.8 Å². The van der Waals surface area contributed by atoms with Crippen molar-refractivity contribution in [1.82, 2.24) is 10.3 Å². The number of aromatic nitrogens is 1. The first-order valence-corrected chi connectivity index (χ1v) is 6.54. The van der Waals surface area contributed by atoms with Crippen molar-refractivity contribution in [1.29, 1.82) is 0 Å². The Bertz CT molecular complexity index is 613. The van der Waals surface area contributed by atoms with Crippen LogP contribution in [0.15, 0.2) is 30.3 Å². The summed E-state index contributed by atoms with van der Waals surface area (Å²) in [5, 5.41) is 4.61. The molecule has 2 aromatic rings. The van der Waals surface area contributed by atoms with Crippen molar-refractivity contribution in [3.05, 3.63) is 36.0 Å². The topological polar surface area (TPSA) is 77.2 Å². The van der Waals surface area contributed by atoms with Crippen LogP contribution in [0.1, 0.15) is 17.4 Å². The smallest absolute Gasteiger partial charge is 0.270 e. The van der Waals surface area contributed by atoms with Crippen molar-refractivity contribution in [2.45, 2.75) is 6.92 Å². The third kappa shape index (κ3) is 3.24. The Hall–Kier alpha value is -2.14. The molecule has 0 spiro atoms. The van der Waals surface area contributed by atoms with Gasteiger partial charge in [0.05, 0.1) is 6.61 Å². The minimum absolute atomic E-state index is 0.217. The summed E-state index contributed by atoms with van der Waals surface area (Å²) < 4.78 is 5.03. The van der Waals surface area contributed by atoms with Crippen molar-refractivity contribution in [3.63, 3.8) is 0 Å². The number of nitrogens with zero attached hydrogens (tertiary/aromatic N) is 1. The molecule has 0 aliphatic heterocycles. The van der Waals surface area contributed by atoms with Gasteiger partial charge in [0.2, 0.25) is 0 Å². The van der Waals surface area contributed by atoms with Crippen LogP contribution in [0.4, 0.5) is 5.82 Å². The molecule has 0 radical (unpaired) electrons. The van der Waals surface area contributed by atoms with Crippen LogP contribution in [-0.4, -0.2) is 31.2 Å². The maximum Gasteiger partial charge on any atom is 0.270 e. The van der Waals surface area contributed by atoms with E-state index in [1.807, 2.05) is 31.2 Å².